The Morgan fingerprint density at radius 1 is 1.23 bits per heavy atom. The highest BCUT2D eigenvalue weighted by Crippen LogP contribution is 2.27. The summed E-state index contributed by atoms with van der Waals surface area (Å²) < 4.78 is 5.28. The quantitative estimate of drug-likeness (QED) is 0.919. The van der Waals surface area contributed by atoms with Gasteiger partial charge in [-0.2, -0.15) is 0 Å². The van der Waals surface area contributed by atoms with Crippen molar-refractivity contribution in [3.8, 4) is 5.75 Å². The van der Waals surface area contributed by atoms with Crippen LogP contribution in [-0.4, -0.2) is 50.1 Å². The first-order valence-electron chi connectivity index (χ1n) is 8.12. The Hall–Kier alpha value is -1.75. The molecule has 1 amide bonds. The van der Waals surface area contributed by atoms with Crippen molar-refractivity contribution in [2.45, 2.75) is 25.3 Å². The van der Waals surface area contributed by atoms with Crippen molar-refractivity contribution < 1.29 is 9.53 Å². The highest BCUT2D eigenvalue weighted by molar-refractivity contribution is 5.80. The average molecular weight is 303 g/mol. The second-order valence-corrected chi connectivity index (χ2v) is 6.22. The summed E-state index contributed by atoms with van der Waals surface area (Å²) in [5, 5.41) is 0. The Morgan fingerprint density at radius 3 is 2.64 bits per heavy atom. The van der Waals surface area contributed by atoms with Gasteiger partial charge >= 0.3 is 0 Å². The van der Waals surface area contributed by atoms with E-state index < -0.39 is 0 Å². The standard InChI is InChI=1S/C17H25N3O2/c1-22-14-5-2-4-13(12-14)19-8-10-20(11-9-19)17(21)15-6-3-7-16(15)18/h2,4-5,12,15-16H,3,6-11,18H2,1H3/t15-,16+/m1/s1. The van der Waals surface area contributed by atoms with Gasteiger partial charge in [0.1, 0.15) is 5.75 Å². The molecule has 0 unspecified atom stereocenters. The molecule has 22 heavy (non-hydrogen) atoms. The Kier molecular flexibility index (Phi) is 4.52. The summed E-state index contributed by atoms with van der Waals surface area (Å²) >= 11 is 0. The molecular weight excluding hydrogens is 278 g/mol. The zero-order valence-corrected chi connectivity index (χ0v) is 13.2. The minimum atomic E-state index is 0.0448. The van der Waals surface area contributed by atoms with Gasteiger partial charge in [-0.1, -0.05) is 12.5 Å². The molecule has 2 fully saturated rings. The molecule has 2 aliphatic rings. The Labute approximate surface area is 132 Å². The summed E-state index contributed by atoms with van der Waals surface area (Å²) in [6.07, 6.45) is 3.03. The molecule has 2 atom stereocenters. The van der Waals surface area contributed by atoms with E-state index in [0.29, 0.717) is 0 Å². The molecule has 3 rings (SSSR count). The van der Waals surface area contributed by atoms with Gasteiger partial charge in [0.05, 0.1) is 13.0 Å². The van der Waals surface area contributed by atoms with E-state index in [1.165, 1.54) is 0 Å². The van der Waals surface area contributed by atoms with Crippen LogP contribution in [0.4, 0.5) is 5.69 Å². The van der Waals surface area contributed by atoms with Gasteiger partial charge in [0.25, 0.3) is 0 Å². The summed E-state index contributed by atoms with van der Waals surface area (Å²) in [7, 11) is 1.68. The maximum atomic E-state index is 12.6. The molecule has 1 heterocycles. The predicted molar refractivity (Wildman–Crippen MR) is 87.1 cm³/mol. The van der Waals surface area contributed by atoms with Crippen LogP contribution in [0.15, 0.2) is 24.3 Å². The number of carbonyl (C=O) groups excluding carboxylic acids is 1. The van der Waals surface area contributed by atoms with E-state index in [-0.39, 0.29) is 17.9 Å². The summed E-state index contributed by atoms with van der Waals surface area (Å²) in [6, 6.07) is 8.15. The molecule has 2 N–H and O–H groups in total. The van der Waals surface area contributed by atoms with Crippen molar-refractivity contribution in [1.82, 2.24) is 4.90 Å². The first-order valence-corrected chi connectivity index (χ1v) is 8.12. The van der Waals surface area contributed by atoms with Crippen LogP contribution < -0.4 is 15.4 Å². The van der Waals surface area contributed by atoms with E-state index in [4.69, 9.17) is 10.5 Å². The highest BCUT2D eigenvalue weighted by Gasteiger charge is 2.34. The molecular formula is C17H25N3O2. The number of hydrogen-bond donors (Lipinski definition) is 1. The van der Waals surface area contributed by atoms with Crippen LogP contribution in [0.5, 0.6) is 5.75 Å². The number of benzene rings is 1. The normalized spacial score (nSPS) is 25.4. The number of nitrogens with zero attached hydrogens (tertiary/aromatic N) is 2. The number of carbonyl (C=O) groups is 1. The number of ether oxygens (including phenoxy) is 1. The van der Waals surface area contributed by atoms with Crippen molar-refractivity contribution >= 4 is 11.6 Å². The molecule has 120 valence electrons. The SMILES string of the molecule is COc1cccc(N2CCN(C(=O)[C@@H]3CCC[C@@H]3N)CC2)c1. The minimum Gasteiger partial charge on any atom is -0.497 e. The van der Waals surface area contributed by atoms with Gasteiger partial charge in [0.2, 0.25) is 5.91 Å². The van der Waals surface area contributed by atoms with Crippen LogP contribution in [-0.2, 0) is 4.79 Å². The smallest absolute Gasteiger partial charge is 0.227 e. The molecule has 0 radical (unpaired) electrons. The van der Waals surface area contributed by atoms with Crippen molar-refractivity contribution in [2.75, 3.05) is 38.2 Å². The number of methoxy groups -OCH3 is 1. The molecule has 1 aromatic carbocycles. The van der Waals surface area contributed by atoms with E-state index in [2.05, 4.69) is 11.0 Å². The summed E-state index contributed by atoms with van der Waals surface area (Å²) in [6.45, 7) is 3.28. The lowest BCUT2D eigenvalue weighted by molar-refractivity contribution is -0.136. The van der Waals surface area contributed by atoms with Crippen LogP contribution in [0.25, 0.3) is 0 Å². The van der Waals surface area contributed by atoms with Crippen LogP contribution in [0.3, 0.4) is 0 Å². The predicted octanol–water partition coefficient (Wildman–Crippen LogP) is 1.47. The molecule has 0 bridgehead atoms. The first-order chi connectivity index (χ1) is 10.7. The van der Waals surface area contributed by atoms with Crippen molar-refractivity contribution in [3.05, 3.63) is 24.3 Å². The molecule has 0 aromatic heterocycles. The number of rotatable bonds is 3. The third-order valence-corrected chi connectivity index (χ3v) is 4.90. The lowest BCUT2D eigenvalue weighted by Crippen LogP contribution is -2.52. The van der Waals surface area contributed by atoms with E-state index in [0.717, 1.165) is 56.9 Å². The van der Waals surface area contributed by atoms with Gasteiger partial charge in [-0.05, 0) is 25.0 Å². The number of piperazine rings is 1. The minimum absolute atomic E-state index is 0.0448. The fourth-order valence-electron chi connectivity index (χ4n) is 3.52. The van der Waals surface area contributed by atoms with Crippen LogP contribution in [0, 0.1) is 5.92 Å². The number of amides is 1. The molecule has 1 saturated carbocycles. The summed E-state index contributed by atoms with van der Waals surface area (Å²) in [5.41, 5.74) is 7.22. The van der Waals surface area contributed by atoms with Gasteiger partial charge < -0.3 is 20.3 Å². The molecule has 1 aliphatic carbocycles. The van der Waals surface area contributed by atoms with E-state index in [1.807, 2.05) is 23.1 Å². The fraction of sp³-hybridized carbons (Fsp3) is 0.588. The zero-order valence-electron chi connectivity index (χ0n) is 13.2. The molecule has 5 nitrogen and oxygen atoms in total. The fourth-order valence-corrected chi connectivity index (χ4v) is 3.52. The third-order valence-electron chi connectivity index (χ3n) is 4.90. The van der Waals surface area contributed by atoms with Gasteiger partial charge in [0.15, 0.2) is 0 Å². The summed E-state index contributed by atoms with van der Waals surface area (Å²) in [5.74, 6) is 1.17. The monoisotopic (exact) mass is 303 g/mol. The molecule has 1 aromatic rings. The maximum absolute atomic E-state index is 12.6. The Balaban J connectivity index is 1.59. The van der Waals surface area contributed by atoms with E-state index in [1.54, 1.807) is 7.11 Å². The lowest BCUT2D eigenvalue weighted by atomic mass is 10.0. The third kappa shape index (κ3) is 3.04. The van der Waals surface area contributed by atoms with Crippen molar-refractivity contribution in [1.29, 1.82) is 0 Å². The maximum Gasteiger partial charge on any atom is 0.227 e. The van der Waals surface area contributed by atoms with Gasteiger partial charge in [-0.3, -0.25) is 4.79 Å². The lowest BCUT2D eigenvalue weighted by Gasteiger charge is -2.37. The molecule has 1 aliphatic heterocycles. The zero-order chi connectivity index (χ0) is 15.5. The molecule has 5 heteroatoms. The van der Waals surface area contributed by atoms with Crippen molar-refractivity contribution in [2.24, 2.45) is 11.7 Å². The highest BCUT2D eigenvalue weighted by atomic mass is 16.5. The second kappa shape index (κ2) is 6.57. The van der Waals surface area contributed by atoms with E-state index in [9.17, 15) is 4.79 Å². The van der Waals surface area contributed by atoms with Crippen LogP contribution >= 0.6 is 0 Å². The van der Waals surface area contributed by atoms with Gasteiger partial charge in [0, 0.05) is 44.0 Å². The number of anilines is 1. The van der Waals surface area contributed by atoms with Crippen molar-refractivity contribution in [3.63, 3.8) is 0 Å². The van der Waals surface area contributed by atoms with Crippen LogP contribution in [0.1, 0.15) is 19.3 Å². The summed E-state index contributed by atoms with van der Waals surface area (Å²) in [4.78, 5) is 16.9. The number of hydrogen-bond acceptors (Lipinski definition) is 4. The Bertz CT molecular complexity index is 526. The van der Waals surface area contributed by atoms with E-state index >= 15 is 0 Å². The topological polar surface area (TPSA) is 58.8 Å². The largest absolute Gasteiger partial charge is 0.497 e. The molecule has 1 saturated heterocycles. The van der Waals surface area contributed by atoms with Gasteiger partial charge in [-0.25, -0.2) is 0 Å². The number of nitrogens with two attached hydrogens (primary N) is 1. The van der Waals surface area contributed by atoms with Crippen LogP contribution in [0.2, 0.25) is 0 Å². The average Bonchev–Trinajstić information content (AvgIpc) is 3.00. The van der Waals surface area contributed by atoms with Gasteiger partial charge in [-0.15, -0.1) is 0 Å². The Morgan fingerprint density at radius 2 is 2.00 bits per heavy atom. The second-order valence-electron chi connectivity index (χ2n) is 6.22. The first kappa shape index (κ1) is 15.2. The molecule has 0 spiro atoms.